The Labute approximate surface area is 247 Å². The number of rotatable bonds is 10. The van der Waals surface area contributed by atoms with Crippen molar-refractivity contribution in [3.05, 3.63) is 94.5 Å². The van der Waals surface area contributed by atoms with Crippen molar-refractivity contribution in [3.63, 3.8) is 0 Å². The number of aliphatic hydroxyl groups excluding tert-OH is 1. The van der Waals surface area contributed by atoms with Gasteiger partial charge >= 0.3 is 6.09 Å². The zero-order valence-corrected chi connectivity index (χ0v) is 25.1. The van der Waals surface area contributed by atoms with Gasteiger partial charge in [0, 0.05) is 18.7 Å². The summed E-state index contributed by atoms with van der Waals surface area (Å²) in [6.45, 7) is 10.2. The second kappa shape index (κ2) is 14.0. The molecule has 0 aromatic heterocycles. The molecule has 0 aliphatic rings. The van der Waals surface area contributed by atoms with Gasteiger partial charge in [-0.15, -0.1) is 0 Å². The minimum absolute atomic E-state index is 0.0548. The highest BCUT2D eigenvalue weighted by atomic mass is 16.6. The number of alkyl carbamates (subject to hydrolysis) is 1. The van der Waals surface area contributed by atoms with Crippen molar-refractivity contribution >= 4 is 23.6 Å². The van der Waals surface area contributed by atoms with Crippen LogP contribution in [0.4, 0.5) is 10.5 Å². The average Bonchev–Trinajstić information content (AvgIpc) is 2.91. The maximum atomic E-state index is 14.4. The minimum atomic E-state index is -1.14. The summed E-state index contributed by atoms with van der Waals surface area (Å²) in [4.78, 5) is 42.6. The first kappa shape index (κ1) is 32.1. The number of para-hydroxylation sites is 1. The van der Waals surface area contributed by atoms with Crippen molar-refractivity contribution in [1.82, 2.24) is 10.2 Å². The Morgan fingerprint density at radius 2 is 1.60 bits per heavy atom. The Balaban J connectivity index is 2.09. The molecule has 3 rings (SSSR count). The second-order valence-electron chi connectivity index (χ2n) is 11.4. The lowest BCUT2D eigenvalue weighted by Gasteiger charge is -2.35. The number of nitrogens with zero attached hydrogens (tertiary/aromatic N) is 1. The molecule has 9 nitrogen and oxygen atoms in total. The second-order valence-corrected chi connectivity index (χ2v) is 11.4. The van der Waals surface area contributed by atoms with Crippen molar-refractivity contribution in [2.45, 2.75) is 65.6 Å². The quantitative estimate of drug-likeness (QED) is 0.271. The summed E-state index contributed by atoms with van der Waals surface area (Å²) in [5.74, 6) is -0.972. The SMILES string of the molecule is Cc1ccc(C)c(C(C(=O)Nc2ccccc2C)N(CCO)C(=O)C(Cc2ccc(O)cc2)NC(=O)OC(C)(C)C)c1. The van der Waals surface area contributed by atoms with E-state index in [0.717, 1.165) is 16.7 Å². The van der Waals surface area contributed by atoms with Gasteiger partial charge in [0.25, 0.3) is 5.91 Å². The number of anilines is 1. The maximum absolute atomic E-state index is 14.4. The molecule has 9 heteroatoms. The van der Waals surface area contributed by atoms with E-state index < -0.39 is 42.2 Å². The first-order valence-corrected chi connectivity index (χ1v) is 13.9. The van der Waals surface area contributed by atoms with Crippen molar-refractivity contribution in [3.8, 4) is 5.75 Å². The number of phenols is 1. The lowest BCUT2D eigenvalue weighted by Crippen LogP contribution is -2.54. The predicted molar refractivity (Wildman–Crippen MR) is 162 cm³/mol. The number of aryl methyl sites for hydroxylation is 3. The lowest BCUT2D eigenvalue weighted by molar-refractivity contribution is -0.141. The van der Waals surface area contributed by atoms with Gasteiger partial charge in [0.15, 0.2) is 0 Å². The van der Waals surface area contributed by atoms with Gasteiger partial charge in [-0.25, -0.2) is 4.79 Å². The van der Waals surface area contributed by atoms with Crippen LogP contribution in [0.5, 0.6) is 5.75 Å². The first-order valence-electron chi connectivity index (χ1n) is 13.9. The third kappa shape index (κ3) is 8.81. The molecular weight excluding hydrogens is 534 g/mol. The molecule has 224 valence electrons. The van der Waals surface area contributed by atoms with Crippen LogP contribution in [-0.4, -0.2) is 57.8 Å². The van der Waals surface area contributed by atoms with E-state index in [1.165, 1.54) is 17.0 Å². The predicted octanol–water partition coefficient (Wildman–Crippen LogP) is 4.95. The van der Waals surface area contributed by atoms with Crippen LogP contribution in [0.1, 0.15) is 54.6 Å². The van der Waals surface area contributed by atoms with E-state index in [9.17, 15) is 24.6 Å². The number of carbonyl (C=O) groups excluding carboxylic acids is 3. The van der Waals surface area contributed by atoms with E-state index in [2.05, 4.69) is 10.6 Å². The van der Waals surface area contributed by atoms with E-state index in [4.69, 9.17) is 4.74 Å². The van der Waals surface area contributed by atoms with Crippen molar-refractivity contribution in [2.24, 2.45) is 0 Å². The Bertz CT molecular complexity index is 1400. The van der Waals surface area contributed by atoms with Crippen LogP contribution < -0.4 is 10.6 Å². The Kier molecular flexibility index (Phi) is 10.7. The molecule has 0 saturated heterocycles. The molecule has 0 aliphatic carbocycles. The molecule has 42 heavy (non-hydrogen) atoms. The van der Waals surface area contributed by atoms with Crippen LogP contribution in [-0.2, 0) is 20.7 Å². The van der Waals surface area contributed by atoms with Gasteiger partial charge in [-0.3, -0.25) is 9.59 Å². The van der Waals surface area contributed by atoms with Gasteiger partial charge < -0.3 is 30.5 Å². The molecule has 3 aromatic rings. The fraction of sp³-hybridized carbons (Fsp3) is 0.364. The fourth-order valence-electron chi connectivity index (χ4n) is 4.61. The molecule has 3 amide bonds. The van der Waals surface area contributed by atoms with E-state index in [0.29, 0.717) is 16.8 Å². The lowest BCUT2D eigenvalue weighted by atomic mass is 9.95. The number of ether oxygens (including phenoxy) is 1. The van der Waals surface area contributed by atoms with Crippen LogP contribution in [0.2, 0.25) is 0 Å². The van der Waals surface area contributed by atoms with Gasteiger partial charge in [0.05, 0.1) is 6.61 Å². The summed E-state index contributed by atoms with van der Waals surface area (Å²) in [6, 6.07) is 17.0. The average molecular weight is 576 g/mol. The molecule has 0 radical (unpaired) electrons. The standard InChI is InChI=1S/C33H41N3O6/c1-21-11-12-22(2)26(19-21)29(30(39)34-27-10-8-7-9-23(27)3)36(17-18-37)31(40)28(35-32(41)42-33(4,5)6)20-24-13-15-25(38)16-14-24/h7-16,19,28-29,37-38H,17-18,20H2,1-6H3,(H,34,39)(H,35,41). The summed E-state index contributed by atoms with van der Waals surface area (Å²) < 4.78 is 5.45. The highest BCUT2D eigenvalue weighted by Gasteiger charge is 2.37. The highest BCUT2D eigenvalue weighted by Crippen LogP contribution is 2.29. The summed E-state index contributed by atoms with van der Waals surface area (Å²) in [5.41, 5.74) is 3.59. The summed E-state index contributed by atoms with van der Waals surface area (Å²) in [7, 11) is 0. The number of hydrogen-bond acceptors (Lipinski definition) is 6. The third-order valence-corrected chi connectivity index (χ3v) is 6.68. The molecular formula is C33H41N3O6. The fourth-order valence-corrected chi connectivity index (χ4v) is 4.61. The van der Waals surface area contributed by atoms with Gasteiger partial charge in [0.1, 0.15) is 23.4 Å². The van der Waals surface area contributed by atoms with Crippen LogP contribution in [0.3, 0.4) is 0 Å². The van der Waals surface area contributed by atoms with Gasteiger partial charge in [-0.1, -0.05) is 54.1 Å². The largest absolute Gasteiger partial charge is 0.508 e. The Morgan fingerprint density at radius 1 is 0.929 bits per heavy atom. The van der Waals surface area contributed by atoms with E-state index in [1.807, 2.05) is 57.2 Å². The van der Waals surface area contributed by atoms with Gasteiger partial charge in [-0.05, 0) is 82.0 Å². The summed E-state index contributed by atoms with van der Waals surface area (Å²) >= 11 is 0. The molecule has 0 aliphatic heterocycles. The number of benzene rings is 3. The molecule has 3 aromatic carbocycles. The molecule has 0 bridgehead atoms. The highest BCUT2D eigenvalue weighted by molar-refractivity contribution is 5.99. The normalized spacial score (nSPS) is 12.6. The number of nitrogens with one attached hydrogen (secondary N) is 2. The van der Waals surface area contributed by atoms with Crippen LogP contribution in [0, 0.1) is 20.8 Å². The number of amides is 3. The van der Waals surface area contributed by atoms with E-state index >= 15 is 0 Å². The Morgan fingerprint density at radius 3 is 2.21 bits per heavy atom. The third-order valence-electron chi connectivity index (χ3n) is 6.68. The number of aliphatic hydroxyl groups is 1. The summed E-state index contributed by atoms with van der Waals surface area (Å²) in [5, 5.41) is 25.5. The zero-order valence-electron chi connectivity index (χ0n) is 25.1. The van der Waals surface area contributed by atoms with Crippen LogP contribution >= 0.6 is 0 Å². The zero-order chi connectivity index (χ0) is 31.0. The van der Waals surface area contributed by atoms with E-state index in [-0.39, 0.29) is 18.7 Å². The summed E-state index contributed by atoms with van der Waals surface area (Å²) in [6.07, 6.45) is -0.740. The molecule has 2 unspecified atom stereocenters. The van der Waals surface area contributed by atoms with Crippen molar-refractivity contribution in [1.29, 1.82) is 0 Å². The Hall–Kier alpha value is -4.37. The topological polar surface area (TPSA) is 128 Å². The van der Waals surface area contributed by atoms with Crippen molar-refractivity contribution in [2.75, 3.05) is 18.5 Å². The maximum Gasteiger partial charge on any atom is 0.408 e. The smallest absolute Gasteiger partial charge is 0.408 e. The molecule has 4 N–H and O–H groups in total. The number of aromatic hydroxyl groups is 1. The molecule has 2 atom stereocenters. The molecule has 0 saturated carbocycles. The van der Waals surface area contributed by atoms with Crippen LogP contribution in [0.25, 0.3) is 0 Å². The molecule has 0 heterocycles. The van der Waals surface area contributed by atoms with Gasteiger partial charge in [0.2, 0.25) is 5.91 Å². The van der Waals surface area contributed by atoms with Crippen molar-refractivity contribution < 1.29 is 29.3 Å². The van der Waals surface area contributed by atoms with E-state index in [1.54, 1.807) is 39.0 Å². The number of carbonyl (C=O) groups is 3. The molecule has 0 fully saturated rings. The monoisotopic (exact) mass is 575 g/mol. The van der Waals surface area contributed by atoms with Crippen LogP contribution in [0.15, 0.2) is 66.7 Å². The minimum Gasteiger partial charge on any atom is -0.508 e. The van der Waals surface area contributed by atoms with Gasteiger partial charge in [-0.2, -0.15) is 0 Å². The number of phenolic OH excluding ortho intramolecular Hbond substituents is 1. The first-order chi connectivity index (χ1) is 19.8. The molecule has 0 spiro atoms. The number of hydrogen-bond donors (Lipinski definition) is 4.